The second-order valence-corrected chi connectivity index (χ2v) is 4.22. The number of aliphatic carboxylic acids is 2. The van der Waals surface area contributed by atoms with Crippen molar-refractivity contribution in [2.75, 3.05) is 12.3 Å². The molecule has 0 saturated carbocycles. The van der Waals surface area contributed by atoms with Crippen molar-refractivity contribution in [1.29, 1.82) is 0 Å². The maximum Gasteiger partial charge on any atom is 1.00 e. The molecule has 0 aliphatic carbocycles. The normalized spacial score (nSPS) is 11.9. The number of hydrogen-bond donors (Lipinski definition) is 4. The number of rotatable bonds is 9. The number of carboxylic acid groups (broad SMARTS) is 2. The van der Waals surface area contributed by atoms with E-state index >= 15 is 0 Å². The van der Waals surface area contributed by atoms with Crippen molar-refractivity contribution >= 4 is 36.4 Å². The molecule has 0 aliphatic heterocycles. The van der Waals surface area contributed by atoms with Gasteiger partial charge in [0.1, 0.15) is 6.04 Å². The average molecular weight is 319 g/mol. The first kappa shape index (κ1) is 26.3. The molecule has 2 atom stereocenters. The van der Waals surface area contributed by atoms with Crippen LogP contribution in [0.2, 0.25) is 0 Å². The Balaban J connectivity index is -0.00000180. The van der Waals surface area contributed by atoms with E-state index in [2.05, 4.69) is 17.9 Å². The van der Waals surface area contributed by atoms with E-state index in [1.807, 2.05) is 5.32 Å². The number of carbonyl (C=O) groups is 4. The smallest absolute Gasteiger partial charge is 0.548 e. The first-order chi connectivity index (χ1) is 9.27. The van der Waals surface area contributed by atoms with Gasteiger partial charge in [-0.15, -0.1) is 0 Å². The summed E-state index contributed by atoms with van der Waals surface area (Å²) < 4.78 is 0. The summed E-state index contributed by atoms with van der Waals surface area (Å²) in [7, 11) is 0. The molecule has 0 spiro atoms. The van der Waals surface area contributed by atoms with Crippen molar-refractivity contribution < 1.29 is 67.1 Å². The number of thiol groups is 1. The molecule has 0 aromatic heterocycles. The van der Waals surface area contributed by atoms with Crippen LogP contribution in [0.4, 0.5) is 0 Å². The van der Waals surface area contributed by atoms with Crippen LogP contribution < -0.4 is 64.3 Å². The Morgan fingerprint density at radius 3 is 2.09 bits per heavy atom. The van der Waals surface area contributed by atoms with Crippen molar-refractivity contribution in [2.45, 2.75) is 24.9 Å². The summed E-state index contributed by atoms with van der Waals surface area (Å²) >= 11 is 3.85. The molecule has 0 aromatic carbocycles. The van der Waals surface area contributed by atoms with E-state index in [4.69, 9.17) is 5.73 Å². The van der Waals surface area contributed by atoms with Crippen LogP contribution >= 0.6 is 12.6 Å². The summed E-state index contributed by atoms with van der Waals surface area (Å²) in [5, 5.41) is 24.8. The Hall–Kier alpha value is -0.615. The third kappa shape index (κ3) is 12.0. The molecule has 0 aliphatic rings. The van der Waals surface area contributed by atoms with Crippen LogP contribution in [-0.2, 0) is 19.2 Å². The molecule has 0 radical (unpaired) electrons. The van der Waals surface area contributed by atoms with Crippen molar-refractivity contribution in [3.8, 4) is 0 Å². The minimum Gasteiger partial charge on any atom is -0.548 e. The second-order valence-electron chi connectivity index (χ2n) is 3.86. The van der Waals surface area contributed by atoms with Crippen molar-refractivity contribution in [2.24, 2.45) is 5.73 Å². The second kappa shape index (κ2) is 14.0. The van der Waals surface area contributed by atoms with Crippen molar-refractivity contribution in [3.63, 3.8) is 0 Å². The van der Waals surface area contributed by atoms with E-state index in [9.17, 15) is 29.4 Å². The van der Waals surface area contributed by atoms with Gasteiger partial charge in [0, 0.05) is 18.2 Å². The molecule has 9 nitrogen and oxygen atoms in total. The molecule has 22 heavy (non-hydrogen) atoms. The van der Waals surface area contributed by atoms with Gasteiger partial charge in [0.2, 0.25) is 11.8 Å². The summed E-state index contributed by atoms with van der Waals surface area (Å²) in [6.45, 7) is -0.686. The summed E-state index contributed by atoms with van der Waals surface area (Å²) in [5.74, 6) is -4.35. The minimum atomic E-state index is -1.48. The Kier molecular flexibility index (Phi) is 16.7. The Bertz CT molecular complexity index is 399. The van der Waals surface area contributed by atoms with Gasteiger partial charge in [0.15, 0.2) is 0 Å². The fourth-order valence-electron chi connectivity index (χ4n) is 1.15. The zero-order valence-corrected chi connectivity index (χ0v) is 13.4. The Labute approximate surface area is 156 Å². The molecule has 0 aromatic rings. The first-order valence-corrected chi connectivity index (χ1v) is 6.25. The van der Waals surface area contributed by atoms with Crippen LogP contribution in [0.15, 0.2) is 0 Å². The van der Waals surface area contributed by atoms with Gasteiger partial charge in [-0.1, -0.05) is 0 Å². The zero-order valence-electron chi connectivity index (χ0n) is 12.5. The first-order valence-electron chi connectivity index (χ1n) is 5.62. The maximum atomic E-state index is 11.5. The molecule has 0 bridgehead atoms. The molecule has 0 rings (SSSR count). The molecule has 0 saturated heterocycles. The van der Waals surface area contributed by atoms with E-state index < -0.39 is 42.4 Å². The quantitative estimate of drug-likeness (QED) is 0.242. The summed E-state index contributed by atoms with van der Waals surface area (Å²) in [4.78, 5) is 43.4. The Morgan fingerprint density at radius 1 is 1.14 bits per heavy atom. The van der Waals surface area contributed by atoms with E-state index in [-0.39, 0.29) is 56.3 Å². The molecular weight excluding hydrogens is 304 g/mol. The molecule has 114 valence electrons. The van der Waals surface area contributed by atoms with Gasteiger partial charge in [-0.05, 0) is 6.42 Å². The third-order valence-electron chi connectivity index (χ3n) is 2.23. The number of carbonyl (C=O) groups excluding carboxylic acids is 4. The van der Waals surface area contributed by atoms with Crippen LogP contribution in [0.25, 0.3) is 0 Å². The van der Waals surface area contributed by atoms with Gasteiger partial charge in [-0.25, -0.2) is 0 Å². The molecule has 12 heteroatoms. The van der Waals surface area contributed by atoms with Gasteiger partial charge in [-0.3, -0.25) is 9.59 Å². The average Bonchev–Trinajstić information content (AvgIpc) is 2.38. The van der Waals surface area contributed by atoms with Crippen LogP contribution in [0.5, 0.6) is 0 Å². The molecule has 0 fully saturated rings. The van der Waals surface area contributed by atoms with E-state index in [0.717, 1.165) is 0 Å². The number of nitrogens with two attached hydrogens (primary N) is 1. The van der Waals surface area contributed by atoms with Gasteiger partial charge in [0.05, 0.1) is 18.5 Å². The largest absolute Gasteiger partial charge is 1.00 e. The molecule has 0 heterocycles. The molecule has 2 unspecified atom stereocenters. The number of hydrogen-bond acceptors (Lipinski definition) is 8. The van der Waals surface area contributed by atoms with Crippen molar-refractivity contribution in [1.82, 2.24) is 10.6 Å². The predicted octanol–water partition coefficient (Wildman–Crippen LogP) is -10.9. The third-order valence-corrected chi connectivity index (χ3v) is 2.59. The number of nitrogens with one attached hydrogen (secondary N) is 2. The fourth-order valence-corrected chi connectivity index (χ4v) is 1.40. The SMILES string of the molecule is NC(CCC(=O)NC(CS)C(=O)NCC(=O)[O-])C(=O)[O-].[Li+].[Li+]. The number of amides is 2. The Morgan fingerprint density at radius 2 is 1.68 bits per heavy atom. The molecule has 2 amide bonds. The standard InChI is InChI=1S/C10H17N3O6S.2Li/c11-5(10(18)19)1-2-7(14)13-6(4-20)9(17)12-3-8(15)16;;/h5-6,20H,1-4,11H2,(H,12,17)(H,13,14)(H,15,16)(H,18,19);;/q;2*+1/p-2. The van der Waals surface area contributed by atoms with E-state index in [1.54, 1.807) is 0 Å². The summed E-state index contributed by atoms with van der Waals surface area (Å²) in [6.07, 6.45) is -0.360. The number of carboxylic acids is 2. The molecule has 4 N–H and O–H groups in total. The zero-order chi connectivity index (χ0) is 15.7. The monoisotopic (exact) mass is 319 g/mol. The van der Waals surface area contributed by atoms with Crippen molar-refractivity contribution in [3.05, 3.63) is 0 Å². The van der Waals surface area contributed by atoms with Crippen LogP contribution in [0.1, 0.15) is 12.8 Å². The maximum absolute atomic E-state index is 11.5. The molecular formula is C10H15Li2N3O6S. The minimum absolute atomic E-state index is 0. The van der Waals surface area contributed by atoms with E-state index in [1.165, 1.54) is 0 Å². The van der Waals surface area contributed by atoms with Gasteiger partial charge in [-0.2, -0.15) is 12.6 Å². The predicted molar refractivity (Wildman–Crippen MR) is 66.0 cm³/mol. The van der Waals surface area contributed by atoms with Crippen LogP contribution in [0, 0.1) is 0 Å². The van der Waals surface area contributed by atoms with Gasteiger partial charge < -0.3 is 36.2 Å². The van der Waals surface area contributed by atoms with Crippen LogP contribution in [0.3, 0.4) is 0 Å². The fraction of sp³-hybridized carbons (Fsp3) is 0.600. The summed E-state index contributed by atoms with van der Waals surface area (Å²) in [6, 6.07) is -2.31. The summed E-state index contributed by atoms with van der Waals surface area (Å²) in [5.41, 5.74) is 5.16. The van der Waals surface area contributed by atoms with Crippen LogP contribution in [-0.4, -0.2) is 48.1 Å². The van der Waals surface area contributed by atoms with Gasteiger partial charge >= 0.3 is 37.7 Å². The van der Waals surface area contributed by atoms with E-state index in [0.29, 0.717) is 0 Å². The topological polar surface area (TPSA) is 164 Å². The van der Waals surface area contributed by atoms with Gasteiger partial charge in [0.25, 0.3) is 0 Å².